The predicted octanol–water partition coefficient (Wildman–Crippen LogP) is 0.821. The number of carbonyl (C=O) groups is 1. The zero-order chi connectivity index (χ0) is 14.5. The van der Waals surface area contributed by atoms with Crippen LogP contribution in [-0.2, 0) is 11.2 Å². The van der Waals surface area contributed by atoms with Crippen molar-refractivity contribution < 1.29 is 9.32 Å². The van der Waals surface area contributed by atoms with Gasteiger partial charge in [-0.25, -0.2) is 5.10 Å². The van der Waals surface area contributed by atoms with Gasteiger partial charge in [-0.1, -0.05) is 5.16 Å². The summed E-state index contributed by atoms with van der Waals surface area (Å²) in [6.45, 7) is 0. The molecule has 1 amide bonds. The first kappa shape index (κ1) is 12.9. The van der Waals surface area contributed by atoms with Crippen LogP contribution >= 0.6 is 0 Å². The molecule has 9 heteroatoms. The third kappa shape index (κ3) is 3.26. The quantitative estimate of drug-likeness (QED) is 0.711. The maximum atomic E-state index is 11.7. The average molecular weight is 285 g/mol. The van der Waals surface area contributed by atoms with Gasteiger partial charge in [0.05, 0.1) is 0 Å². The van der Waals surface area contributed by atoms with Crippen LogP contribution in [0.4, 0.5) is 5.95 Å². The molecule has 3 rings (SSSR count). The molecule has 0 aliphatic carbocycles. The van der Waals surface area contributed by atoms with Gasteiger partial charge in [0.1, 0.15) is 6.33 Å². The first-order chi connectivity index (χ1) is 10.3. The van der Waals surface area contributed by atoms with Gasteiger partial charge in [0.25, 0.3) is 0 Å². The number of aromatic nitrogens is 6. The summed E-state index contributed by atoms with van der Waals surface area (Å²) < 4.78 is 5.11. The molecule has 0 aliphatic heterocycles. The number of carbonyl (C=O) groups excluding carboxylic acids is 1. The molecule has 3 heterocycles. The molecule has 0 unspecified atom stereocenters. The van der Waals surface area contributed by atoms with E-state index in [2.05, 4.69) is 35.6 Å². The number of H-pyrrole nitrogens is 1. The van der Waals surface area contributed by atoms with E-state index in [9.17, 15) is 4.79 Å². The van der Waals surface area contributed by atoms with Gasteiger partial charge in [0.15, 0.2) is 0 Å². The van der Waals surface area contributed by atoms with Crippen molar-refractivity contribution in [2.45, 2.75) is 12.8 Å². The lowest BCUT2D eigenvalue weighted by molar-refractivity contribution is -0.116. The zero-order valence-electron chi connectivity index (χ0n) is 10.9. The summed E-state index contributed by atoms with van der Waals surface area (Å²) in [7, 11) is 0. The molecule has 0 spiro atoms. The Labute approximate surface area is 118 Å². The number of hydrogen-bond donors (Lipinski definition) is 2. The molecule has 3 aromatic heterocycles. The van der Waals surface area contributed by atoms with E-state index < -0.39 is 0 Å². The number of hydrogen-bond acceptors (Lipinski definition) is 7. The average Bonchev–Trinajstić information content (AvgIpc) is 3.17. The van der Waals surface area contributed by atoms with Crippen LogP contribution in [0.5, 0.6) is 0 Å². The molecule has 0 bridgehead atoms. The highest BCUT2D eigenvalue weighted by Gasteiger charge is 2.11. The number of amides is 1. The topological polar surface area (TPSA) is 122 Å². The van der Waals surface area contributed by atoms with Gasteiger partial charge in [-0.15, -0.1) is 0 Å². The van der Waals surface area contributed by atoms with Gasteiger partial charge in [0, 0.05) is 30.8 Å². The van der Waals surface area contributed by atoms with Crippen molar-refractivity contribution in [2.24, 2.45) is 0 Å². The Morgan fingerprint density at radius 3 is 2.95 bits per heavy atom. The number of nitrogens with one attached hydrogen (secondary N) is 2. The largest absolute Gasteiger partial charge is 0.339 e. The van der Waals surface area contributed by atoms with E-state index in [1.807, 2.05) is 0 Å². The van der Waals surface area contributed by atoms with Crippen LogP contribution in [0.15, 0.2) is 35.4 Å². The van der Waals surface area contributed by atoms with Crippen LogP contribution < -0.4 is 5.32 Å². The smallest absolute Gasteiger partial charge is 0.227 e. The van der Waals surface area contributed by atoms with Crippen molar-refractivity contribution in [1.29, 1.82) is 0 Å². The van der Waals surface area contributed by atoms with Crippen LogP contribution in [0.25, 0.3) is 11.4 Å². The van der Waals surface area contributed by atoms with Crippen LogP contribution in [0.1, 0.15) is 12.3 Å². The minimum absolute atomic E-state index is 0.207. The van der Waals surface area contributed by atoms with E-state index in [1.54, 1.807) is 24.5 Å². The van der Waals surface area contributed by atoms with Gasteiger partial charge in [-0.05, 0) is 12.1 Å². The molecular formula is C12H11N7O2. The standard InChI is InChI=1S/C12H11N7O2/c20-9(16-12-14-7-15-18-12)1-2-10-17-11(19-21-10)8-3-5-13-6-4-8/h3-7H,1-2H2,(H2,14,15,16,18,20). The maximum Gasteiger partial charge on any atom is 0.227 e. The maximum absolute atomic E-state index is 11.7. The normalized spacial score (nSPS) is 10.5. The van der Waals surface area contributed by atoms with Gasteiger partial charge >= 0.3 is 0 Å². The van der Waals surface area contributed by atoms with E-state index in [0.29, 0.717) is 24.1 Å². The summed E-state index contributed by atoms with van der Waals surface area (Å²) in [5.74, 6) is 0.969. The molecule has 2 N–H and O–H groups in total. The van der Waals surface area contributed by atoms with Gasteiger partial charge in [-0.3, -0.25) is 15.1 Å². The third-order valence-electron chi connectivity index (χ3n) is 2.65. The fourth-order valence-electron chi connectivity index (χ4n) is 1.66. The molecular weight excluding hydrogens is 274 g/mol. The molecule has 9 nitrogen and oxygen atoms in total. The lowest BCUT2D eigenvalue weighted by Crippen LogP contribution is -2.13. The summed E-state index contributed by atoms with van der Waals surface area (Å²) in [6, 6.07) is 3.57. The summed E-state index contributed by atoms with van der Waals surface area (Å²) in [5.41, 5.74) is 0.811. The molecule has 0 saturated carbocycles. The van der Waals surface area contributed by atoms with Crippen molar-refractivity contribution in [3.63, 3.8) is 0 Å². The number of rotatable bonds is 5. The Hall–Kier alpha value is -3.10. The molecule has 0 aliphatic rings. The number of anilines is 1. The molecule has 0 saturated heterocycles. The van der Waals surface area contributed by atoms with Crippen LogP contribution in [0.2, 0.25) is 0 Å². The van der Waals surface area contributed by atoms with Crippen LogP contribution in [-0.4, -0.2) is 36.2 Å². The van der Waals surface area contributed by atoms with E-state index in [-0.39, 0.29) is 12.3 Å². The summed E-state index contributed by atoms with van der Waals surface area (Å²) >= 11 is 0. The summed E-state index contributed by atoms with van der Waals surface area (Å²) in [5, 5.41) is 12.6. The van der Waals surface area contributed by atoms with E-state index in [0.717, 1.165) is 5.56 Å². The van der Waals surface area contributed by atoms with Crippen molar-refractivity contribution in [2.75, 3.05) is 5.32 Å². The lowest BCUT2D eigenvalue weighted by atomic mass is 10.2. The van der Waals surface area contributed by atoms with Crippen molar-refractivity contribution in [3.05, 3.63) is 36.7 Å². The molecule has 0 aromatic carbocycles. The SMILES string of the molecule is O=C(CCc1nc(-c2ccncc2)no1)Nc1ncn[nH]1. The van der Waals surface area contributed by atoms with Gasteiger partial charge in [-0.2, -0.15) is 15.1 Å². The zero-order valence-corrected chi connectivity index (χ0v) is 10.9. The Morgan fingerprint density at radius 2 is 2.19 bits per heavy atom. The third-order valence-corrected chi connectivity index (χ3v) is 2.65. The Balaban J connectivity index is 1.56. The molecule has 3 aromatic rings. The number of nitrogens with zero attached hydrogens (tertiary/aromatic N) is 5. The first-order valence-corrected chi connectivity index (χ1v) is 6.19. The minimum Gasteiger partial charge on any atom is -0.339 e. The van der Waals surface area contributed by atoms with E-state index in [4.69, 9.17) is 4.52 Å². The minimum atomic E-state index is -0.213. The second-order valence-electron chi connectivity index (χ2n) is 4.13. The Morgan fingerprint density at radius 1 is 1.33 bits per heavy atom. The number of pyridine rings is 1. The van der Waals surface area contributed by atoms with Crippen molar-refractivity contribution in [1.82, 2.24) is 30.3 Å². The van der Waals surface area contributed by atoms with Crippen LogP contribution in [0.3, 0.4) is 0 Å². The second-order valence-corrected chi connectivity index (χ2v) is 4.13. The van der Waals surface area contributed by atoms with E-state index >= 15 is 0 Å². The second kappa shape index (κ2) is 5.90. The molecule has 0 atom stereocenters. The molecule has 21 heavy (non-hydrogen) atoms. The number of aromatic amines is 1. The van der Waals surface area contributed by atoms with Crippen molar-refractivity contribution >= 4 is 11.9 Å². The number of aryl methyl sites for hydroxylation is 1. The van der Waals surface area contributed by atoms with E-state index in [1.165, 1.54) is 6.33 Å². The highest BCUT2D eigenvalue weighted by molar-refractivity contribution is 5.88. The highest BCUT2D eigenvalue weighted by atomic mass is 16.5. The van der Waals surface area contributed by atoms with Crippen LogP contribution in [0, 0.1) is 0 Å². The van der Waals surface area contributed by atoms with Gasteiger partial charge < -0.3 is 4.52 Å². The first-order valence-electron chi connectivity index (χ1n) is 6.19. The fourth-order valence-corrected chi connectivity index (χ4v) is 1.66. The molecule has 0 fully saturated rings. The Bertz CT molecular complexity index is 708. The summed E-state index contributed by atoms with van der Waals surface area (Å²) in [4.78, 5) is 23.6. The van der Waals surface area contributed by atoms with Crippen molar-refractivity contribution in [3.8, 4) is 11.4 Å². The molecule has 106 valence electrons. The van der Waals surface area contributed by atoms with Gasteiger partial charge in [0.2, 0.25) is 23.6 Å². The highest BCUT2D eigenvalue weighted by Crippen LogP contribution is 2.14. The molecule has 0 radical (unpaired) electrons. The fraction of sp³-hybridized carbons (Fsp3) is 0.167. The lowest BCUT2D eigenvalue weighted by Gasteiger charge is -1.98. The summed E-state index contributed by atoms with van der Waals surface area (Å²) in [6.07, 6.45) is 5.16. The Kier molecular flexibility index (Phi) is 3.63. The predicted molar refractivity (Wildman–Crippen MR) is 70.9 cm³/mol. The monoisotopic (exact) mass is 285 g/mol.